The quantitative estimate of drug-likeness (QED) is 0.821. The van der Waals surface area contributed by atoms with E-state index in [4.69, 9.17) is 11.6 Å². The number of halogens is 1. The lowest BCUT2D eigenvalue weighted by atomic mass is 10.0. The number of thioether (sulfide) groups is 1. The van der Waals surface area contributed by atoms with Crippen molar-refractivity contribution >= 4 is 23.4 Å². The molecule has 3 nitrogen and oxygen atoms in total. The highest BCUT2D eigenvalue weighted by molar-refractivity contribution is 7.99. The molecule has 2 aromatic rings. The summed E-state index contributed by atoms with van der Waals surface area (Å²) in [7, 11) is 1.92. The van der Waals surface area contributed by atoms with E-state index in [1.54, 1.807) is 6.20 Å². The topological polar surface area (TPSA) is 29.9 Å². The number of aryl methyl sites for hydroxylation is 1. The summed E-state index contributed by atoms with van der Waals surface area (Å²) in [6, 6.07) is 8.72. The van der Waals surface area contributed by atoms with Crippen LogP contribution in [0.4, 0.5) is 0 Å². The molecular formula is C15H20ClN3S. The molecule has 0 aliphatic carbocycles. The second-order valence-corrected chi connectivity index (χ2v) is 6.24. The lowest BCUT2D eigenvalue weighted by molar-refractivity contribution is 0.572. The molecule has 2 rings (SSSR count). The van der Waals surface area contributed by atoms with Gasteiger partial charge in [-0.05, 0) is 30.0 Å². The van der Waals surface area contributed by atoms with Crippen molar-refractivity contribution in [3.8, 4) is 0 Å². The van der Waals surface area contributed by atoms with E-state index in [0.29, 0.717) is 5.02 Å². The highest BCUT2D eigenvalue weighted by atomic mass is 35.5. The van der Waals surface area contributed by atoms with Crippen LogP contribution < -0.4 is 5.32 Å². The molecule has 0 bridgehead atoms. The third-order valence-electron chi connectivity index (χ3n) is 3.14. The van der Waals surface area contributed by atoms with Crippen LogP contribution in [-0.2, 0) is 7.05 Å². The molecule has 20 heavy (non-hydrogen) atoms. The maximum atomic E-state index is 6.28. The van der Waals surface area contributed by atoms with Crippen molar-refractivity contribution in [1.82, 2.24) is 15.1 Å². The molecule has 0 amide bonds. The number of benzene rings is 1. The van der Waals surface area contributed by atoms with E-state index < -0.39 is 0 Å². The average Bonchev–Trinajstić information content (AvgIpc) is 2.77. The molecule has 5 heteroatoms. The molecule has 1 aromatic carbocycles. The highest BCUT2D eigenvalue weighted by Crippen LogP contribution is 2.29. The second-order valence-electron chi connectivity index (χ2n) is 4.49. The first-order chi connectivity index (χ1) is 9.67. The van der Waals surface area contributed by atoms with Gasteiger partial charge >= 0.3 is 0 Å². The van der Waals surface area contributed by atoms with Gasteiger partial charge in [0, 0.05) is 11.9 Å². The Morgan fingerprint density at radius 2 is 2.00 bits per heavy atom. The number of rotatable bonds is 6. The molecule has 1 aromatic heterocycles. The molecule has 0 spiro atoms. The van der Waals surface area contributed by atoms with Gasteiger partial charge in [0.15, 0.2) is 0 Å². The fourth-order valence-corrected chi connectivity index (χ4v) is 3.18. The van der Waals surface area contributed by atoms with Crippen molar-refractivity contribution < 1.29 is 0 Å². The van der Waals surface area contributed by atoms with Gasteiger partial charge in [0.2, 0.25) is 0 Å². The first-order valence-corrected chi connectivity index (χ1v) is 8.17. The van der Waals surface area contributed by atoms with Gasteiger partial charge < -0.3 is 5.32 Å². The molecule has 1 atom stereocenters. The van der Waals surface area contributed by atoms with Gasteiger partial charge in [0.25, 0.3) is 0 Å². The predicted octanol–water partition coefficient (Wildman–Crippen LogP) is 3.88. The van der Waals surface area contributed by atoms with Gasteiger partial charge in [-0.2, -0.15) is 5.10 Å². The van der Waals surface area contributed by atoms with E-state index in [9.17, 15) is 0 Å². The Kier molecular flexibility index (Phi) is 5.52. The maximum Gasteiger partial charge on any atom is 0.0837 e. The molecule has 0 saturated carbocycles. The zero-order valence-electron chi connectivity index (χ0n) is 12.1. The number of nitrogens with one attached hydrogen (secondary N) is 1. The van der Waals surface area contributed by atoms with Crippen molar-refractivity contribution in [3.05, 3.63) is 46.7 Å². The summed E-state index contributed by atoms with van der Waals surface area (Å²) in [4.78, 5) is 1.29. The van der Waals surface area contributed by atoms with Crippen LogP contribution in [0.2, 0.25) is 5.02 Å². The van der Waals surface area contributed by atoms with Gasteiger partial charge in [0.1, 0.15) is 0 Å². The van der Waals surface area contributed by atoms with Crippen molar-refractivity contribution in [3.63, 3.8) is 0 Å². The zero-order valence-corrected chi connectivity index (χ0v) is 13.6. The van der Waals surface area contributed by atoms with E-state index in [2.05, 4.69) is 48.5 Å². The third kappa shape index (κ3) is 3.37. The van der Waals surface area contributed by atoms with Gasteiger partial charge in [-0.1, -0.05) is 37.6 Å². The molecule has 0 aliphatic heterocycles. The largest absolute Gasteiger partial charge is 0.305 e. The molecule has 0 saturated heterocycles. The van der Waals surface area contributed by atoms with E-state index in [0.717, 1.165) is 18.0 Å². The zero-order chi connectivity index (χ0) is 14.5. The van der Waals surface area contributed by atoms with Crippen LogP contribution in [-0.4, -0.2) is 22.1 Å². The third-order valence-corrected chi connectivity index (χ3v) is 4.33. The van der Waals surface area contributed by atoms with Crippen LogP contribution in [0, 0.1) is 0 Å². The van der Waals surface area contributed by atoms with Crippen molar-refractivity contribution in [2.75, 3.05) is 12.3 Å². The Bertz CT molecular complexity index is 531. The summed E-state index contributed by atoms with van der Waals surface area (Å²) in [5, 5.41) is 8.41. The van der Waals surface area contributed by atoms with Crippen LogP contribution in [0.3, 0.4) is 0 Å². The van der Waals surface area contributed by atoms with Gasteiger partial charge in [0.05, 0.1) is 23.0 Å². The number of hydrogen-bond donors (Lipinski definition) is 1. The normalized spacial score (nSPS) is 12.6. The van der Waals surface area contributed by atoms with Gasteiger partial charge in [-0.25, -0.2) is 0 Å². The molecular weight excluding hydrogens is 290 g/mol. The number of hydrogen-bond acceptors (Lipinski definition) is 3. The van der Waals surface area contributed by atoms with E-state index in [-0.39, 0.29) is 6.04 Å². The Labute approximate surface area is 129 Å². The minimum atomic E-state index is 0.0701. The van der Waals surface area contributed by atoms with Gasteiger partial charge in [-0.15, -0.1) is 11.8 Å². The summed E-state index contributed by atoms with van der Waals surface area (Å²) in [5.74, 6) is 1.09. The summed E-state index contributed by atoms with van der Waals surface area (Å²) < 4.78 is 1.84. The SMILES string of the molecule is CCNC(c1ccc(SCC)cc1)c1c(Cl)cnn1C. The second kappa shape index (κ2) is 7.16. The molecule has 0 aliphatic rings. The molecule has 1 N–H and O–H groups in total. The Morgan fingerprint density at radius 1 is 1.30 bits per heavy atom. The minimum absolute atomic E-state index is 0.0701. The van der Waals surface area contributed by atoms with Crippen LogP contribution in [0.1, 0.15) is 31.1 Å². The summed E-state index contributed by atoms with van der Waals surface area (Å²) in [5.41, 5.74) is 2.21. The van der Waals surface area contributed by atoms with Crippen LogP contribution in [0.25, 0.3) is 0 Å². The van der Waals surface area contributed by atoms with Crippen LogP contribution >= 0.6 is 23.4 Å². The summed E-state index contributed by atoms with van der Waals surface area (Å²) in [6.45, 7) is 5.13. The predicted molar refractivity (Wildman–Crippen MR) is 86.6 cm³/mol. The van der Waals surface area contributed by atoms with E-state index >= 15 is 0 Å². The molecule has 1 heterocycles. The van der Waals surface area contributed by atoms with E-state index in [1.165, 1.54) is 10.5 Å². The van der Waals surface area contributed by atoms with Crippen LogP contribution in [0.5, 0.6) is 0 Å². The Hall–Kier alpha value is -0.970. The fourth-order valence-electron chi connectivity index (χ4n) is 2.24. The maximum absolute atomic E-state index is 6.28. The van der Waals surface area contributed by atoms with E-state index in [1.807, 2.05) is 23.5 Å². The minimum Gasteiger partial charge on any atom is -0.305 e. The van der Waals surface area contributed by atoms with Crippen LogP contribution in [0.15, 0.2) is 35.4 Å². The fraction of sp³-hybridized carbons (Fsp3) is 0.400. The smallest absolute Gasteiger partial charge is 0.0837 e. The molecule has 108 valence electrons. The van der Waals surface area contributed by atoms with Crippen molar-refractivity contribution in [1.29, 1.82) is 0 Å². The lowest BCUT2D eigenvalue weighted by Crippen LogP contribution is -2.24. The Morgan fingerprint density at radius 3 is 2.50 bits per heavy atom. The Balaban J connectivity index is 2.33. The molecule has 0 radical (unpaired) electrons. The average molecular weight is 310 g/mol. The number of nitrogens with zero attached hydrogens (tertiary/aromatic N) is 2. The first-order valence-electron chi connectivity index (χ1n) is 6.80. The highest BCUT2D eigenvalue weighted by Gasteiger charge is 2.20. The monoisotopic (exact) mass is 309 g/mol. The van der Waals surface area contributed by atoms with Crippen molar-refractivity contribution in [2.45, 2.75) is 24.8 Å². The molecule has 0 fully saturated rings. The number of aromatic nitrogens is 2. The first kappa shape index (κ1) is 15.4. The van der Waals surface area contributed by atoms with Crippen molar-refractivity contribution in [2.24, 2.45) is 7.05 Å². The lowest BCUT2D eigenvalue weighted by Gasteiger charge is -2.19. The van der Waals surface area contributed by atoms with Gasteiger partial charge in [-0.3, -0.25) is 4.68 Å². The summed E-state index contributed by atoms with van der Waals surface area (Å²) >= 11 is 8.13. The standard InChI is InChI=1S/C15H20ClN3S/c1-4-17-14(15-13(16)10-18-19(15)3)11-6-8-12(9-7-11)20-5-2/h6-10,14,17H,4-5H2,1-3H3. The summed E-state index contributed by atoms with van der Waals surface area (Å²) in [6.07, 6.45) is 1.70. The molecule has 1 unspecified atom stereocenters.